The molecule has 2 rings (SSSR count). The zero-order valence-electron chi connectivity index (χ0n) is 9.08. The molecule has 0 aliphatic carbocycles. The van der Waals surface area contributed by atoms with Crippen molar-refractivity contribution in [2.45, 2.75) is 19.1 Å². The van der Waals surface area contributed by atoms with E-state index in [4.69, 9.17) is 5.11 Å². The molecule has 2 atom stereocenters. The number of benzene rings is 1. The molecular weight excluding hydrogens is 224 g/mol. The predicted octanol–water partition coefficient (Wildman–Crippen LogP) is 0.350. The lowest BCUT2D eigenvalue weighted by Crippen LogP contribution is -2.28. The van der Waals surface area contributed by atoms with Gasteiger partial charge < -0.3 is 20.3 Å². The van der Waals surface area contributed by atoms with E-state index in [0.717, 1.165) is 5.56 Å². The molecule has 90 valence electrons. The number of nitrogens with one attached hydrogen (secondary N) is 1. The first kappa shape index (κ1) is 11.6. The molecule has 0 bridgehead atoms. The number of aliphatic hydroxyl groups is 2. The Morgan fingerprint density at radius 2 is 2.12 bits per heavy atom. The number of carboxylic acids is 1. The van der Waals surface area contributed by atoms with Crippen LogP contribution < -0.4 is 0 Å². The SMILES string of the molecule is Cc1ccc2nc([C@@H](O)[C@@H](O)C(=O)O)[nH]c2c1. The fourth-order valence-corrected chi connectivity index (χ4v) is 1.57. The number of rotatable bonds is 3. The number of hydrogen-bond donors (Lipinski definition) is 4. The van der Waals surface area contributed by atoms with Gasteiger partial charge in [-0.1, -0.05) is 6.07 Å². The van der Waals surface area contributed by atoms with E-state index in [0.29, 0.717) is 11.0 Å². The van der Waals surface area contributed by atoms with Gasteiger partial charge in [0.1, 0.15) is 11.9 Å². The van der Waals surface area contributed by atoms with Crippen molar-refractivity contribution in [3.63, 3.8) is 0 Å². The second-order valence-corrected chi connectivity index (χ2v) is 3.87. The molecule has 0 aliphatic rings. The Morgan fingerprint density at radius 1 is 1.41 bits per heavy atom. The van der Waals surface area contributed by atoms with E-state index in [1.54, 1.807) is 6.07 Å². The fraction of sp³-hybridized carbons (Fsp3) is 0.273. The van der Waals surface area contributed by atoms with E-state index < -0.39 is 18.2 Å². The number of imidazole rings is 1. The first-order valence-electron chi connectivity index (χ1n) is 5.04. The second-order valence-electron chi connectivity index (χ2n) is 3.87. The van der Waals surface area contributed by atoms with Gasteiger partial charge in [0.25, 0.3) is 0 Å². The van der Waals surface area contributed by atoms with Crippen molar-refractivity contribution >= 4 is 17.0 Å². The number of aryl methyl sites for hydroxylation is 1. The summed E-state index contributed by atoms with van der Waals surface area (Å²) in [6.07, 6.45) is -3.46. The van der Waals surface area contributed by atoms with Crippen LogP contribution in [-0.4, -0.2) is 37.4 Å². The van der Waals surface area contributed by atoms with Crippen LogP contribution in [0.25, 0.3) is 11.0 Å². The number of aliphatic carboxylic acids is 1. The Morgan fingerprint density at radius 3 is 2.76 bits per heavy atom. The Labute approximate surface area is 96.5 Å². The molecule has 1 aromatic heterocycles. The van der Waals surface area contributed by atoms with Crippen molar-refractivity contribution in [2.24, 2.45) is 0 Å². The molecule has 0 spiro atoms. The number of hydrogen-bond acceptors (Lipinski definition) is 4. The molecule has 2 aromatic rings. The predicted molar refractivity (Wildman–Crippen MR) is 59.4 cm³/mol. The lowest BCUT2D eigenvalue weighted by atomic mass is 10.2. The molecule has 1 heterocycles. The van der Waals surface area contributed by atoms with E-state index >= 15 is 0 Å². The van der Waals surface area contributed by atoms with E-state index in [1.165, 1.54) is 0 Å². The molecule has 0 saturated heterocycles. The molecule has 0 unspecified atom stereocenters. The number of H-pyrrole nitrogens is 1. The van der Waals surface area contributed by atoms with Crippen molar-refractivity contribution in [1.29, 1.82) is 0 Å². The normalized spacial score (nSPS) is 14.8. The van der Waals surface area contributed by atoms with Crippen molar-refractivity contribution in [3.05, 3.63) is 29.6 Å². The van der Waals surface area contributed by atoms with Crippen molar-refractivity contribution < 1.29 is 20.1 Å². The molecule has 6 heteroatoms. The van der Waals surface area contributed by atoms with Crippen LogP contribution in [0.15, 0.2) is 18.2 Å². The number of aromatic amines is 1. The summed E-state index contributed by atoms with van der Waals surface area (Å²) in [6.45, 7) is 1.91. The first-order valence-corrected chi connectivity index (χ1v) is 5.04. The Bertz CT molecular complexity index is 564. The largest absolute Gasteiger partial charge is 0.479 e. The zero-order valence-corrected chi connectivity index (χ0v) is 9.08. The van der Waals surface area contributed by atoms with Crippen LogP contribution in [-0.2, 0) is 4.79 Å². The average Bonchev–Trinajstić information content (AvgIpc) is 2.69. The maximum absolute atomic E-state index is 10.5. The molecule has 6 nitrogen and oxygen atoms in total. The highest BCUT2D eigenvalue weighted by Crippen LogP contribution is 2.19. The lowest BCUT2D eigenvalue weighted by molar-refractivity contribution is -0.153. The fourth-order valence-electron chi connectivity index (χ4n) is 1.57. The number of aliphatic hydroxyl groups excluding tert-OH is 2. The summed E-state index contributed by atoms with van der Waals surface area (Å²) in [5.41, 5.74) is 2.32. The van der Waals surface area contributed by atoms with Gasteiger partial charge in [-0.2, -0.15) is 0 Å². The molecular formula is C11H12N2O4. The first-order chi connectivity index (χ1) is 7.99. The summed E-state index contributed by atoms with van der Waals surface area (Å²) in [5, 5.41) is 27.4. The molecule has 0 saturated carbocycles. The molecule has 0 amide bonds. The van der Waals surface area contributed by atoms with Gasteiger partial charge in [0.05, 0.1) is 11.0 Å². The van der Waals surface area contributed by atoms with E-state index in [9.17, 15) is 15.0 Å². The number of carbonyl (C=O) groups is 1. The summed E-state index contributed by atoms with van der Waals surface area (Å²) in [6, 6.07) is 5.43. The maximum atomic E-state index is 10.5. The Hall–Kier alpha value is -1.92. The third-order valence-electron chi connectivity index (χ3n) is 2.49. The van der Waals surface area contributed by atoms with E-state index in [-0.39, 0.29) is 5.82 Å². The minimum absolute atomic E-state index is 0.0421. The van der Waals surface area contributed by atoms with Gasteiger partial charge in [0, 0.05) is 0 Å². The third kappa shape index (κ3) is 2.13. The topological polar surface area (TPSA) is 106 Å². The monoisotopic (exact) mass is 236 g/mol. The maximum Gasteiger partial charge on any atom is 0.335 e. The summed E-state index contributed by atoms with van der Waals surface area (Å²) in [5.74, 6) is -1.45. The lowest BCUT2D eigenvalue weighted by Gasteiger charge is -2.10. The third-order valence-corrected chi connectivity index (χ3v) is 2.49. The van der Waals surface area contributed by atoms with Gasteiger partial charge >= 0.3 is 5.97 Å². The van der Waals surface area contributed by atoms with Crippen LogP contribution in [0, 0.1) is 6.92 Å². The van der Waals surface area contributed by atoms with Crippen LogP contribution in [0.4, 0.5) is 0 Å². The number of nitrogens with zero attached hydrogens (tertiary/aromatic N) is 1. The van der Waals surface area contributed by atoms with Crippen molar-refractivity contribution in [2.75, 3.05) is 0 Å². The number of aromatic nitrogens is 2. The highest BCUT2D eigenvalue weighted by atomic mass is 16.4. The molecule has 4 N–H and O–H groups in total. The van der Waals surface area contributed by atoms with E-state index in [1.807, 2.05) is 19.1 Å². The summed E-state index contributed by atoms with van der Waals surface area (Å²) >= 11 is 0. The molecule has 17 heavy (non-hydrogen) atoms. The summed E-state index contributed by atoms with van der Waals surface area (Å²) in [7, 11) is 0. The molecule has 1 aromatic carbocycles. The second kappa shape index (κ2) is 4.15. The van der Waals surface area contributed by atoms with E-state index in [2.05, 4.69) is 9.97 Å². The smallest absolute Gasteiger partial charge is 0.335 e. The van der Waals surface area contributed by atoms with Gasteiger partial charge in [-0.05, 0) is 24.6 Å². The highest BCUT2D eigenvalue weighted by Gasteiger charge is 2.27. The van der Waals surface area contributed by atoms with Gasteiger partial charge in [-0.25, -0.2) is 9.78 Å². The number of carboxylic acid groups (broad SMARTS) is 1. The summed E-state index contributed by atoms with van der Waals surface area (Å²) in [4.78, 5) is 17.3. The van der Waals surface area contributed by atoms with Crippen LogP contribution in [0.5, 0.6) is 0 Å². The Kier molecular flexibility index (Phi) is 2.83. The summed E-state index contributed by atoms with van der Waals surface area (Å²) < 4.78 is 0. The highest BCUT2D eigenvalue weighted by molar-refractivity contribution is 5.77. The van der Waals surface area contributed by atoms with Gasteiger partial charge in [0.15, 0.2) is 6.10 Å². The van der Waals surface area contributed by atoms with Crippen LogP contribution in [0.2, 0.25) is 0 Å². The standard InChI is InChI=1S/C11H12N2O4/c1-5-2-3-6-7(4-5)13-10(12-6)8(14)9(15)11(16)17/h2-4,8-9,14-15H,1H3,(H,12,13)(H,16,17)/t8-,9+/m0/s1. The van der Waals surface area contributed by atoms with Crippen LogP contribution in [0.3, 0.4) is 0 Å². The van der Waals surface area contributed by atoms with Gasteiger partial charge in [-0.3, -0.25) is 0 Å². The molecule has 0 aliphatic heterocycles. The zero-order chi connectivity index (χ0) is 12.6. The van der Waals surface area contributed by atoms with Crippen molar-refractivity contribution in [1.82, 2.24) is 9.97 Å². The molecule has 0 radical (unpaired) electrons. The van der Waals surface area contributed by atoms with Crippen molar-refractivity contribution in [3.8, 4) is 0 Å². The van der Waals surface area contributed by atoms with Crippen LogP contribution in [0.1, 0.15) is 17.5 Å². The quantitative estimate of drug-likeness (QED) is 0.615. The minimum atomic E-state index is -1.89. The minimum Gasteiger partial charge on any atom is -0.479 e. The van der Waals surface area contributed by atoms with Crippen LogP contribution >= 0.6 is 0 Å². The Balaban J connectivity index is 2.39. The van der Waals surface area contributed by atoms with Gasteiger partial charge in [0.2, 0.25) is 0 Å². The van der Waals surface area contributed by atoms with Gasteiger partial charge in [-0.15, -0.1) is 0 Å². The number of fused-ring (bicyclic) bond motifs is 1. The average molecular weight is 236 g/mol. The molecule has 0 fully saturated rings.